The number of carboxylic acid groups (broad SMARTS) is 1. The van der Waals surface area contributed by atoms with Gasteiger partial charge in [0, 0.05) is 6.54 Å². The third-order valence-corrected chi connectivity index (χ3v) is 3.09. The van der Waals surface area contributed by atoms with Crippen LogP contribution < -0.4 is 5.32 Å². The first-order valence-corrected chi connectivity index (χ1v) is 6.01. The highest BCUT2D eigenvalue weighted by molar-refractivity contribution is 5.91. The highest BCUT2D eigenvalue weighted by Crippen LogP contribution is 2.12. The van der Waals surface area contributed by atoms with Gasteiger partial charge in [0.05, 0.1) is 6.42 Å². The molecule has 106 valence electrons. The Morgan fingerprint density at radius 1 is 1.40 bits per heavy atom. The number of hydrogen-bond acceptors (Lipinski definition) is 3. The lowest BCUT2D eigenvalue weighted by Crippen LogP contribution is -2.59. The predicted molar refractivity (Wildman–Crippen MR) is 66.3 cm³/mol. The van der Waals surface area contributed by atoms with Crippen LogP contribution in [-0.4, -0.2) is 46.9 Å². The monoisotopic (exact) mass is 280 g/mol. The number of nitrogens with zero attached hydrogens (tertiary/aromatic N) is 1. The summed E-state index contributed by atoms with van der Waals surface area (Å²) in [5.74, 6) is -2.75. The van der Waals surface area contributed by atoms with Crippen molar-refractivity contribution in [1.82, 2.24) is 10.2 Å². The Balaban J connectivity index is 2.15. The summed E-state index contributed by atoms with van der Waals surface area (Å²) in [4.78, 5) is 35.4. The minimum absolute atomic E-state index is 0.142. The van der Waals surface area contributed by atoms with Gasteiger partial charge in [0.1, 0.15) is 18.4 Å². The predicted octanol–water partition coefficient (Wildman–Crippen LogP) is -0.220. The van der Waals surface area contributed by atoms with Crippen LogP contribution in [0.2, 0.25) is 0 Å². The third kappa shape index (κ3) is 2.93. The van der Waals surface area contributed by atoms with Crippen molar-refractivity contribution >= 4 is 17.8 Å². The lowest BCUT2D eigenvalue weighted by atomic mass is 10.1. The van der Waals surface area contributed by atoms with Gasteiger partial charge in [0.25, 0.3) is 0 Å². The summed E-state index contributed by atoms with van der Waals surface area (Å²) in [6.45, 7) is -0.471. The van der Waals surface area contributed by atoms with Crippen LogP contribution in [0.4, 0.5) is 4.39 Å². The zero-order valence-electron chi connectivity index (χ0n) is 10.5. The van der Waals surface area contributed by atoms with Gasteiger partial charge in [0.15, 0.2) is 0 Å². The molecule has 6 nitrogen and oxygen atoms in total. The van der Waals surface area contributed by atoms with E-state index in [-0.39, 0.29) is 25.1 Å². The van der Waals surface area contributed by atoms with E-state index in [2.05, 4.69) is 5.32 Å². The van der Waals surface area contributed by atoms with E-state index >= 15 is 0 Å². The molecule has 2 amide bonds. The summed E-state index contributed by atoms with van der Waals surface area (Å²) in [7, 11) is 0. The third-order valence-electron chi connectivity index (χ3n) is 3.09. The highest BCUT2D eigenvalue weighted by atomic mass is 19.1. The summed E-state index contributed by atoms with van der Waals surface area (Å²) in [5.41, 5.74) is 0.174. The molecule has 1 aliphatic heterocycles. The maximum atomic E-state index is 13.5. The molecular formula is C13H13FN2O4. The number of hydrogen-bond donors (Lipinski definition) is 2. The van der Waals surface area contributed by atoms with Gasteiger partial charge < -0.3 is 15.3 Å². The number of aliphatic carboxylic acids is 1. The maximum Gasteiger partial charge on any atom is 0.328 e. The van der Waals surface area contributed by atoms with Crippen LogP contribution in [0.5, 0.6) is 0 Å². The van der Waals surface area contributed by atoms with Crippen LogP contribution in [-0.2, 0) is 20.8 Å². The van der Waals surface area contributed by atoms with E-state index in [1.165, 1.54) is 18.2 Å². The van der Waals surface area contributed by atoms with Crippen molar-refractivity contribution in [2.45, 2.75) is 12.5 Å². The molecule has 1 aromatic rings. The summed E-state index contributed by atoms with van der Waals surface area (Å²) in [5, 5.41) is 11.4. The molecule has 1 heterocycles. The molecule has 1 unspecified atom stereocenters. The zero-order valence-corrected chi connectivity index (χ0v) is 10.5. The maximum absolute atomic E-state index is 13.5. The van der Waals surface area contributed by atoms with E-state index in [0.29, 0.717) is 0 Å². The summed E-state index contributed by atoms with van der Waals surface area (Å²) in [6, 6.07) is 4.64. The Morgan fingerprint density at radius 2 is 2.10 bits per heavy atom. The summed E-state index contributed by atoms with van der Waals surface area (Å²) in [6.07, 6.45) is -0.274. The second-order valence-electron chi connectivity index (χ2n) is 4.45. The smallest absolute Gasteiger partial charge is 0.328 e. The number of piperazine rings is 1. The van der Waals surface area contributed by atoms with E-state index in [1.807, 2.05) is 0 Å². The number of nitrogens with one attached hydrogen (secondary N) is 1. The number of halogens is 1. The molecular weight excluding hydrogens is 267 g/mol. The van der Waals surface area contributed by atoms with E-state index in [9.17, 15) is 18.8 Å². The number of amides is 2. The fourth-order valence-corrected chi connectivity index (χ4v) is 2.03. The van der Waals surface area contributed by atoms with Gasteiger partial charge in [-0.05, 0) is 11.6 Å². The molecule has 1 atom stereocenters. The van der Waals surface area contributed by atoms with E-state index < -0.39 is 29.6 Å². The molecule has 0 bridgehead atoms. The quantitative estimate of drug-likeness (QED) is 0.801. The summed E-state index contributed by atoms with van der Waals surface area (Å²) < 4.78 is 13.5. The normalized spacial score (nSPS) is 18.6. The minimum atomic E-state index is -1.20. The lowest BCUT2D eigenvalue weighted by molar-refractivity contribution is -0.153. The number of carbonyl (C=O) groups excluding carboxylic acids is 2. The van der Waals surface area contributed by atoms with Crippen LogP contribution >= 0.6 is 0 Å². The van der Waals surface area contributed by atoms with Gasteiger partial charge in [-0.2, -0.15) is 0 Å². The molecule has 1 fully saturated rings. The van der Waals surface area contributed by atoms with E-state index in [1.54, 1.807) is 6.07 Å². The Labute approximate surface area is 114 Å². The molecule has 0 aromatic heterocycles. The van der Waals surface area contributed by atoms with Gasteiger partial charge in [0.2, 0.25) is 11.8 Å². The second-order valence-corrected chi connectivity index (χ2v) is 4.45. The standard InChI is InChI=1S/C13H13FN2O4/c14-9-4-2-1-3-8(9)5-12(18)16-7-11(17)15-6-10(16)13(19)20/h1-4,10H,5-7H2,(H,15,17)(H,19,20). The number of carbonyl (C=O) groups is 3. The lowest BCUT2D eigenvalue weighted by Gasteiger charge is -2.32. The fourth-order valence-electron chi connectivity index (χ4n) is 2.03. The van der Waals surface area contributed by atoms with Crippen LogP contribution in [0.15, 0.2) is 24.3 Å². The Morgan fingerprint density at radius 3 is 2.75 bits per heavy atom. The largest absolute Gasteiger partial charge is 0.480 e. The van der Waals surface area contributed by atoms with Gasteiger partial charge >= 0.3 is 5.97 Å². The van der Waals surface area contributed by atoms with Crippen molar-refractivity contribution in [1.29, 1.82) is 0 Å². The molecule has 1 saturated heterocycles. The Bertz CT molecular complexity index is 561. The second kappa shape index (κ2) is 5.68. The first kappa shape index (κ1) is 14.0. The van der Waals surface area contributed by atoms with Crippen molar-refractivity contribution in [3.8, 4) is 0 Å². The average molecular weight is 280 g/mol. The van der Waals surface area contributed by atoms with E-state index in [0.717, 1.165) is 4.90 Å². The van der Waals surface area contributed by atoms with Crippen LogP contribution in [0, 0.1) is 5.82 Å². The molecule has 20 heavy (non-hydrogen) atoms. The topological polar surface area (TPSA) is 86.7 Å². The molecule has 1 aromatic carbocycles. The van der Waals surface area contributed by atoms with Crippen LogP contribution in [0.3, 0.4) is 0 Å². The molecule has 2 rings (SSSR count). The minimum Gasteiger partial charge on any atom is -0.480 e. The summed E-state index contributed by atoms with van der Waals surface area (Å²) >= 11 is 0. The average Bonchev–Trinajstić information content (AvgIpc) is 2.40. The molecule has 0 radical (unpaired) electrons. The molecule has 0 saturated carbocycles. The fraction of sp³-hybridized carbons (Fsp3) is 0.308. The number of rotatable bonds is 3. The number of benzene rings is 1. The molecule has 0 aliphatic carbocycles. The van der Waals surface area contributed by atoms with Crippen LogP contribution in [0.25, 0.3) is 0 Å². The van der Waals surface area contributed by atoms with Gasteiger partial charge in [-0.15, -0.1) is 0 Å². The number of carboxylic acids is 1. The Kier molecular flexibility index (Phi) is 3.97. The van der Waals surface area contributed by atoms with Crippen molar-refractivity contribution in [2.24, 2.45) is 0 Å². The van der Waals surface area contributed by atoms with Gasteiger partial charge in [-0.25, -0.2) is 9.18 Å². The highest BCUT2D eigenvalue weighted by Gasteiger charge is 2.35. The van der Waals surface area contributed by atoms with Crippen molar-refractivity contribution in [3.05, 3.63) is 35.6 Å². The van der Waals surface area contributed by atoms with Crippen LogP contribution in [0.1, 0.15) is 5.56 Å². The molecule has 0 spiro atoms. The van der Waals surface area contributed by atoms with E-state index in [4.69, 9.17) is 5.11 Å². The molecule has 2 N–H and O–H groups in total. The van der Waals surface area contributed by atoms with Gasteiger partial charge in [-0.3, -0.25) is 9.59 Å². The van der Waals surface area contributed by atoms with Gasteiger partial charge in [-0.1, -0.05) is 18.2 Å². The molecule has 1 aliphatic rings. The van der Waals surface area contributed by atoms with Crippen molar-refractivity contribution < 1.29 is 23.9 Å². The Hall–Kier alpha value is -2.44. The first-order valence-electron chi connectivity index (χ1n) is 6.01. The molecule has 7 heteroatoms. The van der Waals surface area contributed by atoms with Crippen molar-refractivity contribution in [3.63, 3.8) is 0 Å². The first-order chi connectivity index (χ1) is 9.49. The van der Waals surface area contributed by atoms with Crippen molar-refractivity contribution in [2.75, 3.05) is 13.1 Å². The zero-order chi connectivity index (χ0) is 14.7. The SMILES string of the molecule is O=C1CN(C(=O)Cc2ccccc2F)C(C(=O)O)CN1.